The molecule has 0 spiro atoms. The second-order valence-electron chi connectivity index (χ2n) is 2.89. The molecule has 1 aliphatic heterocycles. The van der Waals surface area contributed by atoms with Crippen LogP contribution in [-0.4, -0.2) is 11.7 Å². The van der Waals surface area contributed by atoms with Crippen LogP contribution in [0.3, 0.4) is 0 Å². The highest BCUT2D eigenvalue weighted by Crippen LogP contribution is 2.05. The van der Waals surface area contributed by atoms with Gasteiger partial charge in [-0.2, -0.15) is 0 Å². The summed E-state index contributed by atoms with van der Waals surface area (Å²) in [6, 6.07) is 0. The van der Waals surface area contributed by atoms with E-state index in [1.807, 2.05) is 61.0 Å². The van der Waals surface area contributed by atoms with Crippen LogP contribution in [0.1, 0.15) is 0 Å². The first-order chi connectivity index (χ1) is 6.93. The smallest absolute Gasteiger partial charge is 0.0528 e. The van der Waals surface area contributed by atoms with Crippen molar-refractivity contribution in [2.24, 2.45) is 5.92 Å². The molecule has 2 nitrogen and oxygen atoms in total. The van der Waals surface area contributed by atoms with Gasteiger partial charge in [0.05, 0.1) is 6.61 Å². The number of nitrogens with one attached hydrogen (secondary N) is 1. The standard InChI is InChI=1S/C6H7N.C6H8O/c1-2-4-6-7-5-3-1;7-5-6-3-1-2-4-6/h1-7H;1-4,6-7H,5H2. The van der Waals surface area contributed by atoms with Gasteiger partial charge < -0.3 is 10.4 Å². The quantitative estimate of drug-likeness (QED) is 0.660. The van der Waals surface area contributed by atoms with E-state index in [1.54, 1.807) is 0 Å². The zero-order valence-electron chi connectivity index (χ0n) is 8.01. The molecule has 0 fully saturated rings. The maximum Gasteiger partial charge on any atom is 0.0528 e. The third-order valence-electron chi connectivity index (χ3n) is 1.76. The largest absolute Gasteiger partial charge is 0.395 e. The van der Waals surface area contributed by atoms with Gasteiger partial charge in [0.25, 0.3) is 0 Å². The molecule has 0 saturated heterocycles. The number of rotatable bonds is 1. The van der Waals surface area contributed by atoms with E-state index >= 15 is 0 Å². The minimum atomic E-state index is 0.243. The molecule has 0 unspecified atom stereocenters. The zero-order chi connectivity index (χ0) is 10.1. The lowest BCUT2D eigenvalue weighted by Crippen LogP contribution is -1.93. The normalized spacial score (nSPS) is 17.5. The van der Waals surface area contributed by atoms with E-state index in [2.05, 4.69) is 5.32 Å². The zero-order valence-corrected chi connectivity index (χ0v) is 8.01. The van der Waals surface area contributed by atoms with Crippen LogP contribution in [0.4, 0.5) is 0 Å². The van der Waals surface area contributed by atoms with Crippen molar-refractivity contribution in [3.05, 3.63) is 61.0 Å². The van der Waals surface area contributed by atoms with Gasteiger partial charge in [0.15, 0.2) is 0 Å². The maximum absolute atomic E-state index is 8.46. The predicted octanol–water partition coefficient (Wildman–Crippen LogP) is 1.89. The van der Waals surface area contributed by atoms with E-state index in [0.29, 0.717) is 5.92 Å². The summed E-state index contributed by atoms with van der Waals surface area (Å²) in [4.78, 5) is 0. The molecule has 0 saturated carbocycles. The van der Waals surface area contributed by atoms with E-state index in [-0.39, 0.29) is 6.61 Å². The summed E-state index contributed by atoms with van der Waals surface area (Å²) in [7, 11) is 0. The van der Waals surface area contributed by atoms with Crippen LogP contribution in [0.15, 0.2) is 61.0 Å². The Bertz CT molecular complexity index is 259. The van der Waals surface area contributed by atoms with Crippen molar-refractivity contribution in [3.8, 4) is 0 Å². The molecule has 0 aromatic heterocycles. The van der Waals surface area contributed by atoms with Gasteiger partial charge in [-0.3, -0.25) is 0 Å². The van der Waals surface area contributed by atoms with Crippen molar-refractivity contribution in [2.45, 2.75) is 0 Å². The summed E-state index contributed by atoms with van der Waals surface area (Å²) < 4.78 is 0. The number of aliphatic hydroxyl groups is 1. The Hall–Kier alpha value is -1.54. The summed E-state index contributed by atoms with van der Waals surface area (Å²) >= 11 is 0. The van der Waals surface area contributed by atoms with Gasteiger partial charge in [-0.1, -0.05) is 36.5 Å². The molecule has 2 heteroatoms. The molecule has 14 heavy (non-hydrogen) atoms. The van der Waals surface area contributed by atoms with Gasteiger partial charge >= 0.3 is 0 Å². The minimum Gasteiger partial charge on any atom is -0.395 e. The third kappa shape index (κ3) is 4.48. The van der Waals surface area contributed by atoms with Gasteiger partial charge in [-0.15, -0.1) is 0 Å². The summed E-state index contributed by atoms with van der Waals surface area (Å²) in [5, 5.41) is 11.4. The van der Waals surface area contributed by atoms with E-state index in [0.717, 1.165) is 0 Å². The van der Waals surface area contributed by atoms with Crippen molar-refractivity contribution in [2.75, 3.05) is 6.61 Å². The second kappa shape index (κ2) is 6.92. The molecule has 2 aliphatic rings. The lowest BCUT2D eigenvalue weighted by Gasteiger charge is -1.93. The first-order valence-electron chi connectivity index (χ1n) is 4.64. The van der Waals surface area contributed by atoms with Crippen molar-refractivity contribution >= 4 is 0 Å². The van der Waals surface area contributed by atoms with Gasteiger partial charge in [-0.25, -0.2) is 0 Å². The SMILES string of the molecule is C1=CC=CNC=C1.OCC1C=CC=C1. The highest BCUT2D eigenvalue weighted by molar-refractivity contribution is 5.17. The molecule has 0 atom stereocenters. The van der Waals surface area contributed by atoms with Gasteiger partial charge in [0.1, 0.15) is 0 Å². The van der Waals surface area contributed by atoms with Crippen molar-refractivity contribution in [1.29, 1.82) is 0 Å². The molecular formula is C12H15NO. The van der Waals surface area contributed by atoms with Crippen LogP contribution in [0.5, 0.6) is 0 Å². The average Bonchev–Trinajstić information content (AvgIpc) is 2.58. The monoisotopic (exact) mass is 189 g/mol. The Labute approximate surface area is 84.6 Å². The van der Waals surface area contributed by atoms with E-state index in [1.165, 1.54) is 0 Å². The highest BCUT2D eigenvalue weighted by Gasteiger charge is 1.97. The van der Waals surface area contributed by atoms with Gasteiger partial charge in [0.2, 0.25) is 0 Å². The van der Waals surface area contributed by atoms with Crippen LogP contribution in [0, 0.1) is 5.92 Å². The average molecular weight is 189 g/mol. The van der Waals surface area contributed by atoms with Gasteiger partial charge in [-0.05, 0) is 12.2 Å². The Balaban J connectivity index is 0.000000140. The van der Waals surface area contributed by atoms with Crippen LogP contribution in [0.2, 0.25) is 0 Å². The molecule has 0 amide bonds. The lowest BCUT2D eigenvalue weighted by molar-refractivity contribution is 0.275. The fourth-order valence-corrected chi connectivity index (χ4v) is 1.01. The minimum absolute atomic E-state index is 0.243. The molecule has 0 aromatic rings. The maximum atomic E-state index is 8.46. The lowest BCUT2D eigenvalue weighted by atomic mass is 10.2. The molecule has 2 N–H and O–H groups in total. The predicted molar refractivity (Wildman–Crippen MR) is 59.4 cm³/mol. The summed E-state index contributed by atoms with van der Waals surface area (Å²) in [5.74, 6) is 0.292. The highest BCUT2D eigenvalue weighted by atomic mass is 16.3. The number of allylic oxidation sites excluding steroid dienone is 6. The Morgan fingerprint density at radius 2 is 1.43 bits per heavy atom. The van der Waals surface area contributed by atoms with Crippen molar-refractivity contribution in [3.63, 3.8) is 0 Å². The van der Waals surface area contributed by atoms with E-state index < -0.39 is 0 Å². The summed E-state index contributed by atoms with van der Waals surface area (Å²) in [6.07, 6.45) is 19.4. The van der Waals surface area contributed by atoms with Crippen molar-refractivity contribution < 1.29 is 5.11 Å². The Morgan fingerprint density at radius 3 is 1.86 bits per heavy atom. The first kappa shape index (κ1) is 10.5. The second-order valence-corrected chi connectivity index (χ2v) is 2.89. The van der Waals surface area contributed by atoms with Crippen LogP contribution < -0.4 is 5.32 Å². The van der Waals surface area contributed by atoms with E-state index in [4.69, 9.17) is 5.11 Å². The number of hydrogen-bond donors (Lipinski definition) is 2. The fourth-order valence-electron chi connectivity index (χ4n) is 1.01. The molecule has 2 rings (SSSR count). The molecular weight excluding hydrogens is 174 g/mol. The third-order valence-corrected chi connectivity index (χ3v) is 1.76. The van der Waals surface area contributed by atoms with E-state index in [9.17, 15) is 0 Å². The molecule has 0 aromatic carbocycles. The molecule has 0 bridgehead atoms. The molecule has 74 valence electrons. The van der Waals surface area contributed by atoms with Crippen LogP contribution in [0.25, 0.3) is 0 Å². The number of hydrogen-bond acceptors (Lipinski definition) is 2. The van der Waals surface area contributed by atoms with Crippen molar-refractivity contribution in [1.82, 2.24) is 5.32 Å². The molecule has 1 aliphatic carbocycles. The summed E-state index contributed by atoms with van der Waals surface area (Å²) in [5.41, 5.74) is 0. The molecule has 1 heterocycles. The molecule has 0 radical (unpaired) electrons. The fraction of sp³-hybridized carbons (Fsp3) is 0.167. The number of aliphatic hydroxyl groups excluding tert-OH is 1. The van der Waals surface area contributed by atoms with Crippen LogP contribution >= 0.6 is 0 Å². The topological polar surface area (TPSA) is 32.3 Å². The van der Waals surface area contributed by atoms with Crippen LogP contribution in [-0.2, 0) is 0 Å². The van der Waals surface area contributed by atoms with Gasteiger partial charge in [0, 0.05) is 18.3 Å². The Morgan fingerprint density at radius 1 is 0.857 bits per heavy atom. The Kier molecular flexibility index (Phi) is 5.21. The summed E-state index contributed by atoms with van der Waals surface area (Å²) in [6.45, 7) is 0.243. The first-order valence-corrected chi connectivity index (χ1v) is 4.64.